The van der Waals surface area contributed by atoms with Crippen molar-refractivity contribution in [3.05, 3.63) is 215 Å². The number of nitrogens with one attached hydrogen (secondary N) is 2. The molecule has 0 bridgehead atoms. The maximum atomic E-state index is 14.4. The lowest BCUT2D eigenvalue weighted by molar-refractivity contribution is -0.123. The second-order valence-electron chi connectivity index (χ2n) is 15.4. The molecule has 1 atom stereocenters. The lowest BCUT2D eigenvalue weighted by Crippen LogP contribution is -2.47. The largest absolute Gasteiger partial charge is 0.354 e. The number of carbonyl (C=O) groups is 1. The van der Waals surface area contributed by atoms with E-state index in [4.69, 9.17) is 0 Å². The van der Waals surface area contributed by atoms with E-state index < -0.39 is 9.49 Å². The molecule has 1 unspecified atom stereocenters. The van der Waals surface area contributed by atoms with Gasteiger partial charge in [-0.2, -0.15) is 0 Å². The molecule has 0 spiro atoms. The molecule has 2 N–H and O–H groups in total. The summed E-state index contributed by atoms with van der Waals surface area (Å²) in [4.78, 5) is 16.9. The highest BCUT2D eigenvalue weighted by molar-refractivity contribution is 8.00. The first-order chi connectivity index (χ1) is 29.6. The van der Waals surface area contributed by atoms with Crippen LogP contribution in [0, 0.1) is 0 Å². The van der Waals surface area contributed by atoms with Crippen LogP contribution in [0.4, 0.5) is 0 Å². The first-order valence-electron chi connectivity index (χ1n) is 22.0. The molecule has 0 saturated heterocycles. The Balaban J connectivity index is 1.20. The number of hydrogen-bond acceptors (Lipinski definition) is 5. The average molecular weight is 834 g/mol. The van der Waals surface area contributed by atoms with Crippen LogP contribution in [0.1, 0.15) is 79.3 Å². The summed E-state index contributed by atoms with van der Waals surface area (Å²) in [6, 6.07) is 64.7. The van der Waals surface area contributed by atoms with Crippen LogP contribution in [0.5, 0.6) is 0 Å². The molecule has 4 nitrogen and oxygen atoms in total. The maximum Gasteiger partial charge on any atom is 0.237 e. The predicted octanol–water partition coefficient (Wildman–Crippen LogP) is 11.8. The third-order valence-electron chi connectivity index (χ3n) is 11.3. The van der Waals surface area contributed by atoms with E-state index in [1.165, 1.54) is 59.1 Å². The average Bonchev–Trinajstić information content (AvgIpc) is 3.32. The van der Waals surface area contributed by atoms with E-state index in [1.54, 1.807) is 0 Å². The summed E-state index contributed by atoms with van der Waals surface area (Å²) in [5, 5.41) is 7.19. The van der Waals surface area contributed by atoms with E-state index in [0.29, 0.717) is 13.1 Å². The van der Waals surface area contributed by atoms with Gasteiger partial charge in [-0.1, -0.05) is 209 Å². The smallest absolute Gasteiger partial charge is 0.237 e. The predicted molar refractivity (Wildman–Crippen MR) is 259 cm³/mol. The normalized spacial score (nSPS) is 12.3. The van der Waals surface area contributed by atoms with Crippen molar-refractivity contribution in [3.8, 4) is 0 Å². The molecule has 6 rings (SSSR count). The van der Waals surface area contributed by atoms with Gasteiger partial charge in [-0.05, 0) is 65.7 Å². The van der Waals surface area contributed by atoms with Gasteiger partial charge in [0, 0.05) is 31.1 Å². The fraction of sp³-hybridized carbons (Fsp3) is 0.315. The number of thioether (sulfide) groups is 2. The number of benzene rings is 6. The molecular formula is C54H63N3OS2. The lowest BCUT2D eigenvalue weighted by atomic mass is 9.84. The second kappa shape index (κ2) is 24.0. The van der Waals surface area contributed by atoms with E-state index in [-0.39, 0.29) is 11.9 Å². The van der Waals surface area contributed by atoms with Crippen molar-refractivity contribution >= 4 is 29.4 Å². The van der Waals surface area contributed by atoms with Gasteiger partial charge in [0.25, 0.3) is 0 Å². The Morgan fingerprint density at radius 1 is 0.483 bits per heavy atom. The van der Waals surface area contributed by atoms with Crippen molar-refractivity contribution in [2.45, 2.75) is 61.5 Å². The third kappa shape index (κ3) is 11.6. The van der Waals surface area contributed by atoms with E-state index >= 15 is 0 Å². The third-order valence-corrected chi connectivity index (χ3v) is 14.4. The minimum Gasteiger partial charge on any atom is -0.354 e. The minimum atomic E-state index is -0.425. The Morgan fingerprint density at radius 3 is 1.12 bits per heavy atom. The Bertz CT molecular complexity index is 1870. The number of rotatable bonds is 25. The summed E-state index contributed by atoms with van der Waals surface area (Å²) in [6.45, 7) is 8.83. The fourth-order valence-corrected chi connectivity index (χ4v) is 11.1. The van der Waals surface area contributed by atoms with E-state index in [2.05, 4.69) is 211 Å². The molecule has 6 aromatic rings. The summed E-state index contributed by atoms with van der Waals surface area (Å²) >= 11 is 3.83. The van der Waals surface area contributed by atoms with Gasteiger partial charge in [0.2, 0.25) is 5.91 Å². The highest BCUT2D eigenvalue weighted by atomic mass is 32.2. The van der Waals surface area contributed by atoms with Gasteiger partial charge in [0.1, 0.15) is 0 Å². The highest BCUT2D eigenvalue weighted by Gasteiger charge is 2.38. The lowest BCUT2D eigenvalue weighted by Gasteiger charge is -2.36. The summed E-state index contributed by atoms with van der Waals surface area (Å²) in [7, 11) is 0. The van der Waals surface area contributed by atoms with Crippen LogP contribution >= 0.6 is 23.5 Å². The van der Waals surface area contributed by atoms with Crippen LogP contribution in [-0.2, 0) is 14.3 Å². The van der Waals surface area contributed by atoms with E-state index in [1.807, 2.05) is 23.5 Å². The van der Waals surface area contributed by atoms with Crippen LogP contribution in [0.15, 0.2) is 182 Å². The Labute approximate surface area is 369 Å². The van der Waals surface area contributed by atoms with Crippen molar-refractivity contribution in [1.82, 2.24) is 15.5 Å². The number of amides is 1. The first kappa shape index (κ1) is 44.9. The number of carbonyl (C=O) groups excluding carboxylic acids is 1. The van der Waals surface area contributed by atoms with Crippen LogP contribution in [0.2, 0.25) is 0 Å². The van der Waals surface area contributed by atoms with Crippen molar-refractivity contribution < 1.29 is 4.79 Å². The van der Waals surface area contributed by atoms with Crippen molar-refractivity contribution in [2.75, 3.05) is 44.2 Å². The van der Waals surface area contributed by atoms with Gasteiger partial charge < -0.3 is 15.5 Å². The number of unbranched alkanes of at least 4 members (excludes halogenated alkanes) is 2. The van der Waals surface area contributed by atoms with Crippen LogP contribution in [-0.4, -0.2) is 61.1 Å². The molecule has 6 aromatic carbocycles. The monoisotopic (exact) mass is 833 g/mol. The molecule has 0 aliphatic heterocycles. The van der Waals surface area contributed by atoms with Gasteiger partial charge >= 0.3 is 0 Å². The topological polar surface area (TPSA) is 44.4 Å². The summed E-state index contributed by atoms with van der Waals surface area (Å²) in [5.74, 6) is 1.65. The zero-order valence-corrected chi connectivity index (χ0v) is 37.2. The van der Waals surface area contributed by atoms with Crippen molar-refractivity contribution in [2.24, 2.45) is 0 Å². The van der Waals surface area contributed by atoms with Gasteiger partial charge in [0.05, 0.1) is 15.5 Å². The molecule has 60 heavy (non-hydrogen) atoms. The Kier molecular flexibility index (Phi) is 18.0. The molecule has 0 aliphatic rings. The molecule has 0 saturated carbocycles. The van der Waals surface area contributed by atoms with E-state index in [9.17, 15) is 4.79 Å². The van der Waals surface area contributed by atoms with Crippen molar-refractivity contribution in [1.29, 1.82) is 0 Å². The van der Waals surface area contributed by atoms with Crippen LogP contribution < -0.4 is 10.6 Å². The zero-order valence-electron chi connectivity index (χ0n) is 35.6. The molecular weight excluding hydrogens is 771 g/mol. The molecule has 312 valence electrons. The van der Waals surface area contributed by atoms with Gasteiger partial charge in [0.15, 0.2) is 0 Å². The van der Waals surface area contributed by atoms with Gasteiger partial charge in [-0.25, -0.2) is 0 Å². The first-order valence-corrected chi connectivity index (χ1v) is 23.9. The summed E-state index contributed by atoms with van der Waals surface area (Å²) in [6.07, 6.45) is 5.45. The standard InChI is InChI=1S/C54H63N3OS2/c1-3-5-40-57(41-6-4-2)42-37-51(55-38-43-59-53(45-25-13-7-14-26-45,46-27-15-8-16-28-46)47-29-17-9-18-30-47)52(58)56-39-44-60-54(48-31-19-10-20-32-48,49-33-21-11-22-34-49)50-35-23-12-24-36-50/h7-36,51,55H,3-6,37-44H2,1-2H3,(H,56,58). The molecule has 0 aliphatic carbocycles. The number of hydrogen-bond donors (Lipinski definition) is 2. The fourth-order valence-electron chi connectivity index (χ4n) is 8.21. The maximum absolute atomic E-state index is 14.4. The van der Waals surface area contributed by atoms with Gasteiger partial charge in [-0.15, -0.1) is 23.5 Å². The molecule has 0 fully saturated rings. The summed E-state index contributed by atoms with van der Waals surface area (Å²) < 4.78 is -0.828. The number of nitrogens with zero attached hydrogens (tertiary/aromatic N) is 1. The molecule has 0 radical (unpaired) electrons. The van der Waals surface area contributed by atoms with Crippen LogP contribution in [0.25, 0.3) is 0 Å². The Hall–Kier alpha value is -4.59. The molecule has 6 heteroatoms. The molecule has 1 amide bonds. The Morgan fingerprint density at radius 2 is 0.800 bits per heavy atom. The second-order valence-corrected chi connectivity index (χ2v) is 18.0. The van der Waals surface area contributed by atoms with Crippen LogP contribution in [0.3, 0.4) is 0 Å². The zero-order chi connectivity index (χ0) is 41.7. The van der Waals surface area contributed by atoms with E-state index in [0.717, 1.165) is 37.6 Å². The molecule has 0 aromatic heterocycles. The summed E-state index contributed by atoms with van der Waals surface area (Å²) in [5.41, 5.74) is 7.44. The minimum absolute atomic E-state index is 0.0803. The SMILES string of the molecule is CCCCN(CCCC)CCC(NCCSC(c1ccccc1)(c1ccccc1)c1ccccc1)C(=O)NCCSC(c1ccccc1)(c1ccccc1)c1ccccc1. The highest BCUT2D eigenvalue weighted by Crippen LogP contribution is 2.49. The van der Waals surface area contributed by atoms with Crippen molar-refractivity contribution in [3.63, 3.8) is 0 Å². The van der Waals surface area contributed by atoms with Gasteiger partial charge in [-0.3, -0.25) is 4.79 Å². The quantitative estimate of drug-likeness (QED) is 0.0444. The molecule has 0 heterocycles.